The molecule has 1 unspecified atom stereocenters. The number of aliphatic hydroxyl groups is 1. The molecule has 0 radical (unpaired) electrons. The Labute approximate surface area is 226 Å². The van der Waals surface area contributed by atoms with Crippen molar-refractivity contribution in [2.24, 2.45) is 0 Å². The van der Waals surface area contributed by atoms with Gasteiger partial charge in [-0.2, -0.15) is 0 Å². The maximum atomic E-state index is 13.4. The number of aromatic nitrogens is 1. The number of nitrogens with zero attached hydrogens (tertiary/aromatic N) is 2. The molecule has 9 heteroatoms. The van der Waals surface area contributed by atoms with Crippen LogP contribution < -0.4 is 14.4 Å². The molecule has 2 heterocycles. The lowest BCUT2D eigenvalue weighted by Gasteiger charge is -2.23. The zero-order chi connectivity index (χ0) is 26.1. The van der Waals surface area contributed by atoms with Crippen LogP contribution in [0, 0.1) is 0 Å². The Morgan fingerprint density at radius 3 is 2.43 bits per heavy atom. The first kappa shape index (κ1) is 25.0. The molecule has 1 fully saturated rings. The Hall–Kier alpha value is -3.69. The number of ether oxygens (including phenoxy) is 2. The van der Waals surface area contributed by atoms with Crippen molar-refractivity contribution < 1.29 is 24.2 Å². The van der Waals surface area contributed by atoms with E-state index in [0.29, 0.717) is 39.9 Å². The number of halogens is 1. The molecule has 4 aromatic rings. The predicted octanol–water partition coefficient (Wildman–Crippen LogP) is 6.48. The molecule has 0 aliphatic carbocycles. The number of hydrogen-bond donors (Lipinski definition) is 1. The zero-order valence-corrected chi connectivity index (χ0v) is 22.5. The number of amides is 1. The lowest BCUT2D eigenvalue weighted by Crippen LogP contribution is -2.29. The number of aliphatic hydroxyl groups excluding tert-OH is 1. The lowest BCUT2D eigenvalue weighted by atomic mass is 9.95. The number of benzene rings is 3. The summed E-state index contributed by atoms with van der Waals surface area (Å²) >= 11 is 4.72. The molecule has 5 rings (SSSR count). The van der Waals surface area contributed by atoms with E-state index in [0.717, 1.165) is 15.6 Å². The van der Waals surface area contributed by atoms with E-state index in [2.05, 4.69) is 20.9 Å². The molecule has 7 nitrogen and oxygen atoms in total. The standard InChI is InChI=1S/C28H23BrN2O5S/c1-3-14-36-19-10-6-17(7-11-19)25(32)23-24(16-4-8-18(29)9-5-16)31(27(34)26(23)33)28-30-21-13-12-20(35-2)15-22(21)37-28/h4-13,15,24,32H,3,14H2,1-2H3. The van der Waals surface area contributed by atoms with E-state index in [9.17, 15) is 14.7 Å². The number of carbonyl (C=O) groups excluding carboxylic acids is 2. The summed E-state index contributed by atoms with van der Waals surface area (Å²) in [4.78, 5) is 32.8. The molecule has 0 spiro atoms. The number of rotatable bonds is 7. The molecule has 0 saturated carbocycles. The van der Waals surface area contributed by atoms with Gasteiger partial charge >= 0.3 is 5.91 Å². The molecule has 3 aromatic carbocycles. The molecule has 1 amide bonds. The molecule has 37 heavy (non-hydrogen) atoms. The second-order valence-corrected chi connectivity index (χ2v) is 10.3. The van der Waals surface area contributed by atoms with Gasteiger partial charge in [0.1, 0.15) is 17.3 Å². The highest BCUT2D eigenvalue weighted by Gasteiger charge is 2.48. The fraction of sp³-hybridized carbons (Fsp3) is 0.179. The quantitative estimate of drug-likeness (QED) is 0.153. The second kappa shape index (κ2) is 10.4. The van der Waals surface area contributed by atoms with E-state index in [1.54, 1.807) is 37.4 Å². The largest absolute Gasteiger partial charge is 0.507 e. The normalized spacial score (nSPS) is 16.9. The number of hydrogen-bond acceptors (Lipinski definition) is 7. The molecule has 1 atom stereocenters. The fourth-order valence-corrected chi connectivity index (χ4v) is 5.48. The van der Waals surface area contributed by atoms with Gasteiger partial charge in [0.2, 0.25) is 0 Å². The number of thiazole rings is 1. The highest BCUT2D eigenvalue weighted by molar-refractivity contribution is 9.10. The Morgan fingerprint density at radius 2 is 1.76 bits per heavy atom. The van der Waals surface area contributed by atoms with Gasteiger partial charge in [-0.15, -0.1) is 0 Å². The van der Waals surface area contributed by atoms with Crippen LogP contribution in [0.2, 0.25) is 0 Å². The Morgan fingerprint density at radius 1 is 1.05 bits per heavy atom. The van der Waals surface area contributed by atoms with Crippen molar-refractivity contribution in [1.82, 2.24) is 4.98 Å². The van der Waals surface area contributed by atoms with Crippen LogP contribution in [0.1, 0.15) is 30.5 Å². The van der Waals surface area contributed by atoms with Crippen molar-refractivity contribution >= 4 is 60.1 Å². The number of anilines is 1. The Kier molecular flexibility index (Phi) is 6.99. The average molecular weight is 579 g/mol. The van der Waals surface area contributed by atoms with Crippen molar-refractivity contribution in [1.29, 1.82) is 0 Å². The van der Waals surface area contributed by atoms with E-state index in [1.165, 1.54) is 16.2 Å². The summed E-state index contributed by atoms with van der Waals surface area (Å²) in [6.45, 7) is 2.59. The molecular formula is C28H23BrN2O5S. The van der Waals surface area contributed by atoms with Crippen LogP contribution >= 0.6 is 27.3 Å². The van der Waals surface area contributed by atoms with Gasteiger partial charge in [0, 0.05) is 10.0 Å². The van der Waals surface area contributed by atoms with E-state index in [-0.39, 0.29) is 11.3 Å². The number of carbonyl (C=O) groups is 2. The van der Waals surface area contributed by atoms with Crippen molar-refractivity contribution in [3.8, 4) is 11.5 Å². The van der Waals surface area contributed by atoms with Crippen LogP contribution in [0.15, 0.2) is 76.8 Å². The van der Waals surface area contributed by atoms with Gasteiger partial charge in [0.15, 0.2) is 5.13 Å². The van der Waals surface area contributed by atoms with E-state index < -0.39 is 17.7 Å². The SMILES string of the molecule is CCCOc1ccc(C(O)=C2C(=O)C(=O)N(c3nc4ccc(OC)cc4s3)C2c2ccc(Br)cc2)cc1. The van der Waals surface area contributed by atoms with Crippen molar-refractivity contribution in [3.05, 3.63) is 87.9 Å². The van der Waals surface area contributed by atoms with Gasteiger partial charge in [-0.05, 0) is 66.6 Å². The van der Waals surface area contributed by atoms with Crippen molar-refractivity contribution in [2.75, 3.05) is 18.6 Å². The van der Waals surface area contributed by atoms with Gasteiger partial charge < -0.3 is 14.6 Å². The highest BCUT2D eigenvalue weighted by Crippen LogP contribution is 2.44. The van der Waals surface area contributed by atoms with Gasteiger partial charge in [-0.25, -0.2) is 4.98 Å². The third kappa shape index (κ3) is 4.72. The Bertz CT molecular complexity index is 1510. The molecule has 1 N–H and O–H groups in total. The molecule has 1 saturated heterocycles. The van der Waals surface area contributed by atoms with E-state index >= 15 is 0 Å². The average Bonchev–Trinajstić information content (AvgIpc) is 3.45. The summed E-state index contributed by atoms with van der Waals surface area (Å²) in [7, 11) is 1.58. The van der Waals surface area contributed by atoms with Gasteiger partial charge in [-0.3, -0.25) is 14.5 Å². The first-order valence-electron chi connectivity index (χ1n) is 11.7. The Balaban J connectivity index is 1.64. The van der Waals surface area contributed by atoms with Crippen LogP contribution in [0.25, 0.3) is 16.0 Å². The summed E-state index contributed by atoms with van der Waals surface area (Å²) < 4.78 is 12.6. The minimum atomic E-state index is -0.855. The molecular weight excluding hydrogens is 556 g/mol. The van der Waals surface area contributed by atoms with Gasteiger partial charge in [-0.1, -0.05) is 46.3 Å². The maximum Gasteiger partial charge on any atom is 0.301 e. The minimum absolute atomic E-state index is 0.00591. The summed E-state index contributed by atoms with van der Waals surface area (Å²) in [5.41, 5.74) is 1.77. The molecule has 0 bridgehead atoms. The van der Waals surface area contributed by atoms with Crippen molar-refractivity contribution in [3.63, 3.8) is 0 Å². The minimum Gasteiger partial charge on any atom is -0.507 e. The molecule has 188 valence electrons. The van der Waals surface area contributed by atoms with Gasteiger partial charge in [0.25, 0.3) is 5.78 Å². The van der Waals surface area contributed by atoms with Crippen molar-refractivity contribution in [2.45, 2.75) is 19.4 Å². The lowest BCUT2D eigenvalue weighted by molar-refractivity contribution is -0.132. The smallest absolute Gasteiger partial charge is 0.301 e. The van der Waals surface area contributed by atoms with E-state index in [4.69, 9.17) is 9.47 Å². The topological polar surface area (TPSA) is 89.0 Å². The second-order valence-electron chi connectivity index (χ2n) is 8.42. The highest BCUT2D eigenvalue weighted by atomic mass is 79.9. The zero-order valence-electron chi connectivity index (χ0n) is 20.1. The van der Waals surface area contributed by atoms with Crippen LogP contribution in [0.3, 0.4) is 0 Å². The number of methoxy groups -OCH3 is 1. The summed E-state index contributed by atoms with van der Waals surface area (Å²) in [6.07, 6.45) is 0.872. The number of fused-ring (bicyclic) bond motifs is 1. The summed E-state index contributed by atoms with van der Waals surface area (Å²) in [6, 6.07) is 18.7. The predicted molar refractivity (Wildman–Crippen MR) is 147 cm³/mol. The monoisotopic (exact) mass is 578 g/mol. The molecule has 1 aliphatic heterocycles. The number of ketones is 1. The molecule has 1 aromatic heterocycles. The maximum absolute atomic E-state index is 13.4. The van der Waals surface area contributed by atoms with Crippen LogP contribution in [-0.2, 0) is 9.59 Å². The number of Topliss-reactive ketones (excluding diaryl/α,β-unsaturated/α-hetero) is 1. The van der Waals surface area contributed by atoms with Crippen LogP contribution in [0.5, 0.6) is 11.5 Å². The van der Waals surface area contributed by atoms with Crippen LogP contribution in [-0.4, -0.2) is 35.5 Å². The summed E-state index contributed by atoms with van der Waals surface area (Å²) in [5, 5.41) is 11.7. The summed E-state index contributed by atoms with van der Waals surface area (Å²) in [5.74, 6) is -0.440. The first-order valence-corrected chi connectivity index (χ1v) is 13.3. The molecule has 1 aliphatic rings. The fourth-order valence-electron chi connectivity index (χ4n) is 4.20. The third-order valence-corrected chi connectivity index (χ3v) is 7.57. The van der Waals surface area contributed by atoms with Gasteiger partial charge in [0.05, 0.1) is 35.5 Å². The first-order chi connectivity index (χ1) is 17.9. The third-order valence-electron chi connectivity index (χ3n) is 6.02. The van der Waals surface area contributed by atoms with Crippen LogP contribution in [0.4, 0.5) is 5.13 Å². The van der Waals surface area contributed by atoms with E-state index in [1.807, 2.05) is 43.3 Å².